The van der Waals surface area contributed by atoms with Crippen LogP contribution in [0.15, 0.2) is 53.8 Å². The Morgan fingerprint density at radius 3 is 2.78 bits per heavy atom. The van der Waals surface area contributed by atoms with Crippen LogP contribution in [0.4, 0.5) is 4.39 Å². The van der Waals surface area contributed by atoms with Gasteiger partial charge in [-0.15, -0.1) is 0 Å². The van der Waals surface area contributed by atoms with Gasteiger partial charge < -0.3 is 10.0 Å². The first-order chi connectivity index (χ1) is 11.1. The lowest BCUT2D eigenvalue weighted by Gasteiger charge is -2.33. The van der Waals surface area contributed by atoms with Crippen molar-refractivity contribution in [2.45, 2.75) is 19.2 Å². The van der Waals surface area contributed by atoms with Crippen LogP contribution in [0.5, 0.6) is 0 Å². The molecule has 23 heavy (non-hydrogen) atoms. The standard InChI is InChI=1S/C17H18FN3OS/c1-2-21-16(20-11-13-4-3-9-19-10-13)23-12-17(21,22)14-5-7-15(18)8-6-14/h3-10,22H,2,11-12H2,1H3/t17-/m0/s1. The second kappa shape index (κ2) is 6.68. The number of amidine groups is 1. The quantitative estimate of drug-likeness (QED) is 0.936. The summed E-state index contributed by atoms with van der Waals surface area (Å²) in [5.74, 6) is 0.162. The van der Waals surface area contributed by atoms with E-state index in [1.165, 1.54) is 23.9 Å². The molecule has 3 rings (SSSR count). The average molecular weight is 331 g/mol. The molecule has 6 heteroatoms. The van der Waals surface area contributed by atoms with Crippen molar-refractivity contribution in [1.29, 1.82) is 0 Å². The molecule has 120 valence electrons. The van der Waals surface area contributed by atoms with Gasteiger partial charge in [0.2, 0.25) is 0 Å². The highest BCUT2D eigenvalue weighted by atomic mass is 32.2. The zero-order valence-electron chi connectivity index (χ0n) is 12.8. The zero-order valence-corrected chi connectivity index (χ0v) is 13.6. The smallest absolute Gasteiger partial charge is 0.175 e. The normalized spacial score (nSPS) is 22.7. The van der Waals surface area contributed by atoms with Crippen molar-refractivity contribution >= 4 is 16.9 Å². The van der Waals surface area contributed by atoms with E-state index < -0.39 is 5.72 Å². The van der Waals surface area contributed by atoms with Crippen molar-refractivity contribution in [3.8, 4) is 0 Å². The Morgan fingerprint density at radius 2 is 2.13 bits per heavy atom. The molecule has 0 saturated carbocycles. The summed E-state index contributed by atoms with van der Waals surface area (Å²) in [4.78, 5) is 10.6. The molecule has 0 radical (unpaired) electrons. The molecule has 1 aromatic carbocycles. The van der Waals surface area contributed by atoms with Gasteiger partial charge in [-0.25, -0.2) is 4.39 Å². The minimum absolute atomic E-state index is 0.309. The molecule has 1 atom stereocenters. The van der Waals surface area contributed by atoms with E-state index in [0.717, 1.165) is 10.7 Å². The topological polar surface area (TPSA) is 48.7 Å². The van der Waals surface area contributed by atoms with Crippen molar-refractivity contribution in [3.63, 3.8) is 0 Å². The number of benzene rings is 1. The molecule has 1 saturated heterocycles. The predicted molar refractivity (Wildman–Crippen MR) is 90.5 cm³/mol. The molecule has 4 nitrogen and oxygen atoms in total. The summed E-state index contributed by atoms with van der Waals surface area (Å²) in [5.41, 5.74) is 0.551. The highest BCUT2D eigenvalue weighted by Gasteiger charge is 2.43. The second-order valence-electron chi connectivity index (χ2n) is 5.32. The van der Waals surface area contributed by atoms with Crippen molar-refractivity contribution < 1.29 is 9.50 Å². The van der Waals surface area contributed by atoms with Crippen molar-refractivity contribution in [2.24, 2.45) is 4.99 Å². The lowest BCUT2D eigenvalue weighted by Crippen LogP contribution is -2.44. The highest BCUT2D eigenvalue weighted by Crippen LogP contribution is 2.38. The Balaban J connectivity index is 1.83. The van der Waals surface area contributed by atoms with E-state index in [1.54, 1.807) is 24.5 Å². The van der Waals surface area contributed by atoms with E-state index in [9.17, 15) is 9.50 Å². The number of aromatic nitrogens is 1. The summed E-state index contributed by atoms with van der Waals surface area (Å²) in [6, 6.07) is 9.85. The van der Waals surface area contributed by atoms with Crippen LogP contribution in [0.2, 0.25) is 0 Å². The minimum Gasteiger partial charge on any atom is -0.366 e. The van der Waals surface area contributed by atoms with E-state index in [1.807, 2.05) is 24.0 Å². The van der Waals surface area contributed by atoms with Crippen LogP contribution in [0, 0.1) is 5.82 Å². The van der Waals surface area contributed by atoms with Gasteiger partial charge >= 0.3 is 0 Å². The van der Waals surface area contributed by atoms with Crippen LogP contribution in [-0.2, 0) is 12.3 Å². The van der Waals surface area contributed by atoms with Crippen LogP contribution in [0.1, 0.15) is 18.1 Å². The van der Waals surface area contributed by atoms with Crippen molar-refractivity contribution in [2.75, 3.05) is 12.3 Å². The van der Waals surface area contributed by atoms with Crippen LogP contribution < -0.4 is 0 Å². The number of rotatable bonds is 4. The van der Waals surface area contributed by atoms with Crippen molar-refractivity contribution in [1.82, 2.24) is 9.88 Å². The summed E-state index contributed by atoms with van der Waals surface area (Å²) < 4.78 is 13.1. The first kappa shape index (κ1) is 16.0. The van der Waals surface area contributed by atoms with Gasteiger partial charge in [0.1, 0.15) is 5.82 Å². The number of hydrogen-bond donors (Lipinski definition) is 1. The number of halogens is 1. The average Bonchev–Trinajstić information content (AvgIpc) is 2.91. The van der Waals surface area contributed by atoms with E-state index in [0.29, 0.717) is 24.4 Å². The number of aliphatic hydroxyl groups is 1. The molecule has 2 aromatic rings. The van der Waals surface area contributed by atoms with Crippen molar-refractivity contribution in [3.05, 3.63) is 65.7 Å². The molecular formula is C17H18FN3OS. The maximum atomic E-state index is 13.1. The van der Waals surface area contributed by atoms with Crippen LogP contribution in [0.25, 0.3) is 0 Å². The Labute approximate surface area is 139 Å². The van der Waals surface area contributed by atoms with Gasteiger partial charge in [-0.2, -0.15) is 0 Å². The second-order valence-corrected chi connectivity index (χ2v) is 6.26. The van der Waals surface area contributed by atoms with Gasteiger partial charge in [0.15, 0.2) is 10.9 Å². The van der Waals surface area contributed by atoms with Gasteiger partial charge in [0.05, 0.1) is 12.3 Å². The Bertz CT molecular complexity index is 693. The minimum atomic E-state index is -1.15. The number of hydrogen-bond acceptors (Lipinski definition) is 4. The molecule has 1 aliphatic rings. The summed E-state index contributed by atoms with van der Waals surface area (Å²) in [6.07, 6.45) is 3.51. The van der Waals surface area contributed by atoms with Gasteiger partial charge in [-0.05, 0) is 30.7 Å². The molecule has 1 N–H and O–H groups in total. The molecule has 0 bridgehead atoms. The molecular weight excluding hydrogens is 313 g/mol. The lowest BCUT2D eigenvalue weighted by atomic mass is 10.0. The third-order valence-corrected chi connectivity index (χ3v) is 4.98. The first-order valence-corrected chi connectivity index (χ1v) is 8.44. The fourth-order valence-corrected chi connectivity index (χ4v) is 3.86. The number of aliphatic imine (C=N–C) groups is 1. The Morgan fingerprint density at radius 1 is 1.35 bits per heavy atom. The third kappa shape index (κ3) is 3.23. The summed E-state index contributed by atoms with van der Waals surface area (Å²) >= 11 is 1.51. The number of nitrogens with zero attached hydrogens (tertiary/aromatic N) is 3. The Hall–Kier alpha value is -1.92. The summed E-state index contributed by atoms with van der Waals surface area (Å²) in [6.45, 7) is 3.11. The van der Waals surface area contributed by atoms with E-state index in [-0.39, 0.29) is 5.82 Å². The largest absolute Gasteiger partial charge is 0.366 e. The van der Waals surface area contributed by atoms with Gasteiger partial charge in [0.25, 0.3) is 0 Å². The number of thioether (sulfide) groups is 1. The molecule has 0 amide bonds. The van der Waals surface area contributed by atoms with Gasteiger partial charge in [0, 0.05) is 24.5 Å². The number of pyridine rings is 1. The maximum absolute atomic E-state index is 13.1. The van der Waals surface area contributed by atoms with Crippen LogP contribution >= 0.6 is 11.8 Å². The SMILES string of the molecule is CCN1C(=NCc2cccnc2)SC[C@]1(O)c1ccc(F)cc1. The fraction of sp³-hybridized carbons (Fsp3) is 0.294. The van der Waals surface area contributed by atoms with E-state index in [4.69, 9.17) is 0 Å². The summed E-state index contributed by atoms with van der Waals surface area (Å²) in [5, 5.41) is 11.9. The van der Waals surface area contributed by atoms with E-state index in [2.05, 4.69) is 9.98 Å². The first-order valence-electron chi connectivity index (χ1n) is 7.45. The maximum Gasteiger partial charge on any atom is 0.175 e. The zero-order chi connectivity index (χ0) is 16.3. The molecule has 1 fully saturated rings. The van der Waals surface area contributed by atoms with Gasteiger partial charge in [-0.3, -0.25) is 9.98 Å². The molecule has 0 spiro atoms. The monoisotopic (exact) mass is 331 g/mol. The van der Waals surface area contributed by atoms with Gasteiger partial charge in [-0.1, -0.05) is 30.0 Å². The Kier molecular flexibility index (Phi) is 4.63. The lowest BCUT2D eigenvalue weighted by molar-refractivity contribution is -0.0454. The molecule has 2 heterocycles. The molecule has 0 aliphatic carbocycles. The molecule has 1 aromatic heterocycles. The molecule has 0 unspecified atom stereocenters. The fourth-order valence-electron chi connectivity index (χ4n) is 2.61. The predicted octanol–water partition coefficient (Wildman–Crippen LogP) is 2.99. The third-order valence-electron chi connectivity index (χ3n) is 3.82. The highest BCUT2D eigenvalue weighted by molar-refractivity contribution is 8.14. The molecule has 1 aliphatic heterocycles. The van der Waals surface area contributed by atoms with Crippen LogP contribution in [-0.4, -0.2) is 32.5 Å². The summed E-state index contributed by atoms with van der Waals surface area (Å²) in [7, 11) is 0. The van der Waals surface area contributed by atoms with Crippen LogP contribution in [0.3, 0.4) is 0 Å². The van der Waals surface area contributed by atoms with E-state index >= 15 is 0 Å².